The summed E-state index contributed by atoms with van der Waals surface area (Å²) in [6.07, 6.45) is 2.49. The minimum Gasteiger partial charge on any atom is -0.496 e. The van der Waals surface area contributed by atoms with Crippen molar-refractivity contribution in [1.29, 1.82) is 0 Å². The predicted octanol–water partition coefficient (Wildman–Crippen LogP) is 4.96. The Morgan fingerprint density at radius 1 is 1.16 bits per heavy atom. The van der Waals surface area contributed by atoms with E-state index in [-0.39, 0.29) is 19.0 Å². The van der Waals surface area contributed by atoms with E-state index in [0.29, 0.717) is 53.7 Å². The molecule has 0 fully saturated rings. The van der Waals surface area contributed by atoms with Gasteiger partial charge in [0, 0.05) is 19.0 Å². The van der Waals surface area contributed by atoms with Gasteiger partial charge in [-0.25, -0.2) is 18.6 Å². The van der Waals surface area contributed by atoms with Gasteiger partial charge >= 0.3 is 5.97 Å². The molecule has 2 aromatic heterocycles. The highest BCUT2D eigenvalue weighted by atomic mass is 19.2. The first-order valence-corrected chi connectivity index (χ1v) is 12.2. The average Bonchev–Trinajstić information content (AvgIpc) is 3.56. The van der Waals surface area contributed by atoms with Gasteiger partial charge in [-0.1, -0.05) is 12.1 Å². The van der Waals surface area contributed by atoms with Crippen molar-refractivity contribution in [3.05, 3.63) is 71.5 Å². The van der Waals surface area contributed by atoms with Crippen LogP contribution < -0.4 is 4.74 Å². The van der Waals surface area contributed by atoms with E-state index in [1.54, 1.807) is 27.2 Å². The standard InChI is InChI=1S/C27H26F2N4O5/c1-4-36-26(34)27(37-15-17-6-9-20(28)21(29)12-17)10-5-11-33-24(31-32-25(27)33)18-7-8-19(22(13-18)35-3)23-14-30-16(2)38-23/h6-9,12-14H,4-5,10-11,15H2,1-3H3. The molecular formula is C27H26F2N4O5. The lowest BCUT2D eigenvalue weighted by Gasteiger charge is -2.34. The summed E-state index contributed by atoms with van der Waals surface area (Å²) in [6.45, 7) is 3.98. The van der Waals surface area contributed by atoms with Crippen LogP contribution in [0.4, 0.5) is 8.78 Å². The Labute approximate surface area is 217 Å². The molecule has 1 atom stereocenters. The Morgan fingerprint density at radius 3 is 2.71 bits per heavy atom. The van der Waals surface area contributed by atoms with Crippen LogP contribution in [0.2, 0.25) is 0 Å². The molecule has 0 saturated carbocycles. The number of oxazole rings is 1. The molecule has 0 saturated heterocycles. The van der Waals surface area contributed by atoms with Crippen molar-refractivity contribution in [3.63, 3.8) is 0 Å². The molecule has 9 nitrogen and oxygen atoms in total. The Morgan fingerprint density at radius 2 is 2.00 bits per heavy atom. The lowest BCUT2D eigenvalue weighted by Crippen LogP contribution is -2.45. The summed E-state index contributed by atoms with van der Waals surface area (Å²) in [6, 6.07) is 8.97. The fraction of sp³-hybridized carbons (Fsp3) is 0.333. The second-order valence-electron chi connectivity index (χ2n) is 8.85. The number of hydrogen-bond acceptors (Lipinski definition) is 8. The zero-order valence-corrected chi connectivity index (χ0v) is 21.2. The number of hydrogen-bond donors (Lipinski definition) is 0. The van der Waals surface area contributed by atoms with E-state index in [0.717, 1.165) is 17.7 Å². The summed E-state index contributed by atoms with van der Waals surface area (Å²) < 4.78 is 51.8. The van der Waals surface area contributed by atoms with E-state index in [1.807, 2.05) is 22.8 Å². The lowest BCUT2D eigenvalue weighted by atomic mass is 9.92. The van der Waals surface area contributed by atoms with Gasteiger partial charge in [0.05, 0.1) is 32.1 Å². The summed E-state index contributed by atoms with van der Waals surface area (Å²) in [7, 11) is 1.56. The number of halogens is 2. The summed E-state index contributed by atoms with van der Waals surface area (Å²) in [5.74, 6) is -0.109. The topological polar surface area (TPSA) is 102 Å². The third-order valence-corrected chi connectivity index (χ3v) is 6.44. The largest absolute Gasteiger partial charge is 0.496 e. The van der Waals surface area contributed by atoms with Crippen molar-refractivity contribution in [2.24, 2.45) is 0 Å². The molecule has 4 aromatic rings. The van der Waals surface area contributed by atoms with Crippen molar-refractivity contribution in [2.75, 3.05) is 13.7 Å². The first-order chi connectivity index (χ1) is 18.4. The Balaban J connectivity index is 1.52. The molecule has 0 radical (unpaired) electrons. The van der Waals surface area contributed by atoms with E-state index < -0.39 is 23.2 Å². The van der Waals surface area contributed by atoms with Gasteiger partial charge < -0.3 is 23.2 Å². The smallest absolute Gasteiger partial charge is 0.346 e. The third-order valence-electron chi connectivity index (χ3n) is 6.44. The second kappa shape index (κ2) is 10.3. The third kappa shape index (κ3) is 4.53. The summed E-state index contributed by atoms with van der Waals surface area (Å²) in [4.78, 5) is 17.4. The van der Waals surface area contributed by atoms with Crippen molar-refractivity contribution >= 4 is 5.97 Å². The molecule has 198 valence electrons. The van der Waals surface area contributed by atoms with Crippen molar-refractivity contribution in [1.82, 2.24) is 19.7 Å². The molecule has 0 bridgehead atoms. The first-order valence-electron chi connectivity index (χ1n) is 12.2. The van der Waals surface area contributed by atoms with E-state index in [2.05, 4.69) is 15.2 Å². The molecule has 0 spiro atoms. The maximum Gasteiger partial charge on any atom is 0.346 e. The Hall–Kier alpha value is -4.12. The molecule has 2 aromatic carbocycles. The lowest BCUT2D eigenvalue weighted by molar-refractivity contribution is -0.181. The minimum absolute atomic E-state index is 0.135. The molecule has 3 heterocycles. The molecule has 11 heteroatoms. The van der Waals surface area contributed by atoms with Crippen LogP contribution in [-0.2, 0) is 33.0 Å². The summed E-state index contributed by atoms with van der Waals surface area (Å²) in [5.41, 5.74) is 0.241. The van der Waals surface area contributed by atoms with Crippen LogP contribution in [-0.4, -0.2) is 39.4 Å². The molecule has 1 aliphatic heterocycles. The number of benzene rings is 2. The second-order valence-corrected chi connectivity index (χ2v) is 8.85. The number of ether oxygens (including phenoxy) is 3. The molecule has 0 N–H and O–H groups in total. The monoisotopic (exact) mass is 524 g/mol. The van der Waals surface area contributed by atoms with E-state index in [9.17, 15) is 13.6 Å². The molecular weight excluding hydrogens is 498 g/mol. The average molecular weight is 525 g/mol. The number of carbonyl (C=O) groups excluding carboxylic acids is 1. The summed E-state index contributed by atoms with van der Waals surface area (Å²) in [5, 5.41) is 8.75. The molecule has 5 rings (SSSR count). The van der Waals surface area contributed by atoms with Gasteiger partial charge in [-0.15, -0.1) is 10.2 Å². The van der Waals surface area contributed by atoms with Crippen LogP contribution >= 0.6 is 0 Å². The normalized spacial score (nSPS) is 16.8. The predicted molar refractivity (Wildman–Crippen MR) is 131 cm³/mol. The van der Waals surface area contributed by atoms with Crippen molar-refractivity contribution in [2.45, 2.75) is 45.4 Å². The van der Waals surface area contributed by atoms with Gasteiger partial charge in [0.1, 0.15) is 5.75 Å². The van der Waals surface area contributed by atoms with Crippen LogP contribution in [0.25, 0.3) is 22.7 Å². The van der Waals surface area contributed by atoms with E-state index in [1.165, 1.54) is 6.07 Å². The first kappa shape index (κ1) is 25.5. The van der Waals surface area contributed by atoms with Gasteiger partial charge in [-0.05, 0) is 49.6 Å². The number of fused-ring (bicyclic) bond motifs is 1. The zero-order chi connectivity index (χ0) is 26.9. The maximum absolute atomic E-state index is 13.8. The maximum atomic E-state index is 13.8. The zero-order valence-electron chi connectivity index (χ0n) is 21.2. The molecule has 1 aliphatic rings. The van der Waals surface area contributed by atoms with Crippen molar-refractivity contribution in [3.8, 4) is 28.5 Å². The highest BCUT2D eigenvalue weighted by Gasteiger charge is 2.50. The number of aromatic nitrogens is 4. The van der Waals surface area contributed by atoms with Gasteiger partial charge in [0.25, 0.3) is 0 Å². The van der Waals surface area contributed by atoms with Gasteiger partial charge in [0.2, 0.25) is 5.60 Å². The van der Waals surface area contributed by atoms with E-state index >= 15 is 0 Å². The van der Waals surface area contributed by atoms with Crippen LogP contribution in [0.3, 0.4) is 0 Å². The molecule has 1 unspecified atom stereocenters. The molecule has 0 amide bonds. The number of esters is 1. The SMILES string of the molecule is CCOC(=O)C1(OCc2ccc(F)c(F)c2)CCCn2c(-c3ccc(-c4cnc(C)o4)c(OC)c3)nnc21. The Bertz CT molecular complexity index is 1480. The number of aryl methyl sites for hydroxylation is 1. The fourth-order valence-corrected chi connectivity index (χ4v) is 4.62. The molecule has 0 aliphatic carbocycles. The van der Waals surface area contributed by atoms with E-state index in [4.69, 9.17) is 18.6 Å². The highest BCUT2D eigenvalue weighted by molar-refractivity contribution is 5.81. The van der Waals surface area contributed by atoms with Crippen LogP contribution in [0.15, 0.2) is 47.0 Å². The Kier molecular flexibility index (Phi) is 6.94. The summed E-state index contributed by atoms with van der Waals surface area (Å²) >= 11 is 0. The van der Waals surface area contributed by atoms with Gasteiger partial charge in [-0.3, -0.25) is 0 Å². The fourth-order valence-electron chi connectivity index (χ4n) is 4.62. The minimum atomic E-state index is -1.56. The van der Waals surface area contributed by atoms with Crippen LogP contribution in [0.5, 0.6) is 5.75 Å². The number of methoxy groups -OCH3 is 1. The number of carbonyl (C=O) groups is 1. The number of nitrogens with zero attached hydrogens (tertiary/aromatic N) is 4. The quantitative estimate of drug-likeness (QED) is 0.298. The van der Waals surface area contributed by atoms with Gasteiger partial charge in [0.15, 0.2) is 34.9 Å². The number of rotatable bonds is 8. The van der Waals surface area contributed by atoms with Crippen LogP contribution in [0.1, 0.15) is 37.0 Å². The molecule has 38 heavy (non-hydrogen) atoms. The highest BCUT2D eigenvalue weighted by Crippen LogP contribution is 2.40. The van der Waals surface area contributed by atoms with Crippen LogP contribution in [0, 0.1) is 18.6 Å². The van der Waals surface area contributed by atoms with Gasteiger partial charge in [-0.2, -0.15) is 0 Å². The van der Waals surface area contributed by atoms with Crippen molar-refractivity contribution < 1.29 is 32.2 Å².